The summed E-state index contributed by atoms with van der Waals surface area (Å²) in [4.78, 5) is 21.5. The largest absolute Gasteiger partial charge is 0.484 e. The first kappa shape index (κ1) is 19.0. The number of fused-ring (bicyclic) bond motifs is 1. The number of carbonyl (C=O) groups excluding carboxylic acids is 1. The van der Waals surface area contributed by atoms with E-state index < -0.39 is 16.0 Å². The van der Waals surface area contributed by atoms with Gasteiger partial charge in [-0.2, -0.15) is 4.31 Å². The number of hydrogen-bond donors (Lipinski definition) is 0. The maximum absolute atomic E-state index is 12.8. The van der Waals surface area contributed by atoms with E-state index >= 15 is 0 Å². The first-order valence-corrected chi connectivity index (χ1v) is 10.9. The Hall–Kier alpha value is -2.95. The van der Waals surface area contributed by atoms with Crippen LogP contribution in [-0.2, 0) is 14.9 Å². The third kappa shape index (κ3) is 3.42. The first-order chi connectivity index (χ1) is 14.5. The molecule has 156 valence electrons. The molecular formula is C20H19N3O6S. The zero-order valence-electron chi connectivity index (χ0n) is 16.0. The predicted octanol–water partition coefficient (Wildman–Crippen LogP) is 1.24. The van der Waals surface area contributed by atoms with Crippen molar-refractivity contribution < 1.29 is 27.5 Å². The molecule has 0 bridgehead atoms. The van der Waals surface area contributed by atoms with Crippen molar-refractivity contribution >= 4 is 16.0 Å². The van der Waals surface area contributed by atoms with Gasteiger partial charge >= 0.3 is 5.97 Å². The van der Waals surface area contributed by atoms with Gasteiger partial charge in [-0.15, -0.1) is 5.06 Å². The van der Waals surface area contributed by atoms with Crippen LogP contribution in [-0.4, -0.2) is 68.1 Å². The fourth-order valence-corrected chi connectivity index (χ4v) is 4.78. The van der Waals surface area contributed by atoms with E-state index in [1.54, 1.807) is 29.3 Å². The number of carbonyl (C=O) groups is 1. The number of aromatic nitrogens is 1. The lowest BCUT2D eigenvalue weighted by Gasteiger charge is -2.40. The summed E-state index contributed by atoms with van der Waals surface area (Å²) in [5.74, 6) is 0.256. The molecule has 0 saturated carbocycles. The van der Waals surface area contributed by atoms with Gasteiger partial charge in [0.25, 0.3) is 5.88 Å². The van der Waals surface area contributed by atoms with Crippen molar-refractivity contribution in [2.24, 2.45) is 0 Å². The van der Waals surface area contributed by atoms with E-state index in [9.17, 15) is 13.2 Å². The van der Waals surface area contributed by atoms with Gasteiger partial charge in [0.1, 0.15) is 18.1 Å². The molecule has 9 nitrogen and oxygen atoms in total. The van der Waals surface area contributed by atoms with E-state index in [2.05, 4.69) is 4.98 Å². The minimum Gasteiger partial charge on any atom is -0.484 e. The minimum absolute atomic E-state index is 0.0860. The maximum atomic E-state index is 12.8. The second-order valence-corrected chi connectivity index (χ2v) is 9.13. The quantitative estimate of drug-likeness (QED) is 0.670. The fraction of sp³-hybridized carbons (Fsp3) is 0.300. The first-order valence-electron chi connectivity index (χ1n) is 9.48. The standard InChI is InChI=1S/C20H19N3O6S/c24-20(14-4-2-1-3-5-14)29-22-10-15(11-22)16-12-23(13-16)30(25,26)17-8-18-19(21-9-17)28-7-6-27-18/h1-5,8-9H,6-7,10-13H2. The van der Waals surface area contributed by atoms with Gasteiger partial charge in [-0.05, 0) is 23.3 Å². The predicted molar refractivity (Wildman–Crippen MR) is 104 cm³/mol. The molecule has 3 aliphatic rings. The number of hydrogen-bond acceptors (Lipinski definition) is 8. The molecule has 1 aromatic heterocycles. The molecule has 0 atom stereocenters. The van der Waals surface area contributed by atoms with Crippen LogP contribution < -0.4 is 9.47 Å². The number of nitrogens with zero attached hydrogens (tertiary/aromatic N) is 3. The van der Waals surface area contributed by atoms with Crippen LogP contribution in [0.15, 0.2) is 58.6 Å². The van der Waals surface area contributed by atoms with Crippen molar-refractivity contribution in [3.05, 3.63) is 59.3 Å². The van der Waals surface area contributed by atoms with Gasteiger partial charge in [0.15, 0.2) is 5.75 Å². The normalized spacial score (nSPS) is 19.1. The molecule has 2 fully saturated rings. The zero-order valence-corrected chi connectivity index (χ0v) is 16.8. The van der Waals surface area contributed by atoms with E-state index in [0.29, 0.717) is 56.6 Å². The molecular weight excluding hydrogens is 410 g/mol. The second-order valence-electron chi connectivity index (χ2n) is 7.19. The molecule has 0 radical (unpaired) electrons. The molecule has 0 aliphatic carbocycles. The number of hydroxylamine groups is 2. The van der Waals surface area contributed by atoms with Gasteiger partial charge in [0, 0.05) is 19.2 Å². The van der Waals surface area contributed by atoms with Crippen molar-refractivity contribution in [2.75, 3.05) is 39.4 Å². The number of benzene rings is 1. The van der Waals surface area contributed by atoms with Crippen molar-refractivity contribution in [3.63, 3.8) is 0 Å². The third-order valence-corrected chi connectivity index (χ3v) is 6.96. The zero-order chi connectivity index (χ0) is 20.7. The van der Waals surface area contributed by atoms with Gasteiger partial charge in [0.05, 0.1) is 24.8 Å². The molecule has 0 unspecified atom stereocenters. The van der Waals surface area contributed by atoms with Gasteiger partial charge in [-0.1, -0.05) is 18.2 Å². The van der Waals surface area contributed by atoms with Crippen molar-refractivity contribution in [2.45, 2.75) is 4.90 Å². The molecule has 5 rings (SSSR count). The van der Waals surface area contributed by atoms with Crippen LogP contribution in [0, 0.1) is 0 Å². The number of ether oxygens (including phenoxy) is 2. The number of rotatable bonds is 4. The highest BCUT2D eigenvalue weighted by Crippen LogP contribution is 2.34. The summed E-state index contributed by atoms with van der Waals surface area (Å²) in [5, 5.41) is 1.57. The molecule has 10 heteroatoms. The Morgan fingerprint density at radius 1 is 1.00 bits per heavy atom. The second kappa shape index (κ2) is 7.38. The summed E-state index contributed by atoms with van der Waals surface area (Å²) in [5.41, 5.74) is 2.64. The summed E-state index contributed by atoms with van der Waals surface area (Å²) in [6.45, 7) is 2.40. The van der Waals surface area contributed by atoms with Crippen LogP contribution in [0.25, 0.3) is 0 Å². The number of pyridine rings is 1. The van der Waals surface area contributed by atoms with Gasteiger partial charge in [-0.3, -0.25) is 0 Å². The van der Waals surface area contributed by atoms with Crippen molar-refractivity contribution in [1.29, 1.82) is 0 Å². The molecule has 2 aromatic rings. The lowest BCUT2D eigenvalue weighted by molar-refractivity contribution is -0.124. The van der Waals surface area contributed by atoms with Gasteiger partial charge in [0.2, 0.25) is 10.0 Å². The average Bonchev–Trinajstić information content (AvgIpc) is 2.70. The van der Waals surface area contributed by atoms with Crippen molar-refractivity contribution in [3.8, 4) is 11.6 Å². The molecule has 0 spiro atoms. The minimum atomic E-state index is -3.65. The van der Waals surface area contributed by atoms with Crippen LogP contribution in [0.4, 0.5) is 0 Å². The van der Waals surface area contributed by atoms with E-state index in [0.717, 1.165) is 11.1 Å². The lowest BCUT2D eigenvalue weighted by atomic mass is 9.98. The Bertz CT molecular complexity index is 1120. The number of sulfonamides is 1. The monoisotopic (exact) mass is 429 g/mol. The Kier molecular flexibility index (Phi) is 4.69. The molecule has 4 heterocycles. The van der Waals surface area contributed by atoms with Crippen LogP contribution in [0.2, 0.25) is 0 Å². The summed E-state index contributed by atoms with van der Waals surface area (Å²) in [7, 11) is -3.65. The van der Waals surface area contributed by atoms with Gasteiger partial charge < -0.3 is 14.3 Å². The van der Waals surface area contributed by atoms with E-state index in [4.69, 9.17) is 14.3 Å². The molecule has 2 saturated heterocycles. The highest BCUT2D eigenvalue weighted by Gasteiger charge is 2.38. The van der Waals surface area contributed by atoms with E-state index in [-0.39, 0.29) is 4.90 Å². The Balaban J connectivity index is 1.18. The van der Waals surface area contributed by atoms with Crippen LogP contribution in [0.5, 0.6) is 11.6 Å². The topological polar surface area (TPSA) is 98.3 Å². The summed E-state index contributed by atoms with van der Waals surface area (Å²) in [6.07, 6.45) is 1.29. The molecule has 30 heavy (non-hydrogen) atoms. The average molecular weight is 429 g/mol. The highest BCUT2D eigenvalue weighted by atomic mass is 32.2. The molecule has 3 aliphatic heterocycles. The molecule has 0 amide bonds. The van der Waals surface area contributed by atoms with E-state index in [1.165, 1.54) is 16.6 Å². The summed E-state index contributed by atoms with van der Waals surface area (Å²) in [6, 6.07) is 10.2. The van der Waals surface area contributed by atoms with Gasteiger partial charge in [-0.25, -0.2) is 18.2 Å². The maximum Gasteiger partial charge on any atom is 0.357 e. The fourth-order valence-electron chi connectivity index (χ4n) is 3.39. The SMILES string of the molecule is O=C(ON1CC(=C2CN(S(=O)(=O)c3cnc4c(c3)OCCO4)C2)C1)c1ccccc1. The Morgan fingerprint density at radius 3 is 2.47 bits per heavy atom. The van der Waals surface area contributed by atoms with E-state index in [1.807, 2.05) is 6.07 Å². The highest BCUT2D eigenvalue weighted by molar-refractivity contribution is 7.89. The molecule has 1 aromatic carbocycles. The Morgan fingerprint density at radius 2 is 1.70 bits per heavy atom. The summed E-state index contributed by atoms with van der Waals surface area (Å²) < 4.78 is 37.8. The summed E-state index contributed by atoms with van der Waals surface area (Å²) >= 11 is 0. The van der Waals surface area contributed by atoms with Crippen LogP contribution in [0.1, 0.15) is 10.4 Å². The van der Waals surface area contributed by atoms with Crippen molar-refractivity contribution in [1.82, 2.24) is 14.4 Å². The lowest BCUT2D eigenvalue weighted by Crippen LogP contribution is -2.50. The Labute approximate surface area is 173 Å². The smallest absolute Gasteiger partial charge is 0.357 e. The van der Waals surface area contributed by atoms with Crippen LogP contribution in [0.3, 0.4) is 0 Å². The van der Waals surface area contributed by atoms with Crippen LogP contribution >= 0.6 is 0 Å². The molecule has 0 N–H and O–H groups in total. The third-order valence-electron chi connectivity index (χ3n) is 5.20.